The molecule has 34 heavy (non-hydrogen) atoms. The van der Waals surface area contributed by atoms with Crippen LogP contribution in [0.3, 0.4) is 0 Å². The number of H-pyrrole nitrogens is 2. The topological polar surface area (TPSA) is 127 Å². The fraction of sp³-hybridized carbons (Fsp3) is 0.167. The van der Waals surface area contributed by atoms with Crippen LogP contribution in [0.4, 0.5) is 17.1 Å². The number of anilines is 3. The molecule has 0 atom stereocenters. The maximum atomic E-state index is 12.7. The first-order chi connectivity index (χ1) is 16.3. The number of aromatic nitrogens is 2. The van der Waals surface area contributed by atoms with E-state index in [0.29, 0.717) is 28.0 Å². The summed E-state index contributed by atoms with van der Waals surface area (Å²) in [7, 11) is -3.88. The van der Waals surface area contributed by atoms with Crippen molar-refractivity contribution >= 4 is 44.0 Å². The van der Waals surface area contributed by atoms with E-state index in [9.17, 15) is 18.0 Å². The van der Waals surface area contributed by atoms with Gasteiger partial charge in [-0.1, -0.05) is 0 Å². The van der Waals surface area contributed by atoms with E-state index >= 15 is 0 Å². The zero-order valence-corrected chi connectivity index (χ0v) is 19.6. The molecule has 1 amide bonds. The Balaban J connectivity index is 1.43. The van der Waals surface area contributed by atoms with Crippen molar-refractivity contribution in [3.8, 4) is 0 Å². The number of sulfonamides is 1. The minimum Gasteiger partial charge on any atom is -0.372 e. The molecular formula is C24H25N5O4S. The lowest BCUT2D eigenvalue weighted by Gasteiger charge is -2.21. The molecule has 0 spiro atoms. The van der Waals surface area contributed by atoms with Gasteiger partial charge in [0.1, 0.15) is 0 Å². The Labute approximate surface area is 196 Å². The molecule has 10 heteroatoms. The molecule has 0 radical (unpaired) electrons. The number of fused-ring (bicyclic) bond motifs is 1. The average Bonchev–Trinajstić information content (AvgIpc) is 3.20. The molecule has 1 aromatic heterocycles. The first kappa shape index (κ1) is 23.1. The molecule has 0 fully saturated rings. The van der Waals surface area contributed by atoms with Gasteiger partial charge in [-0.3, -0.25) is 9.52 Å². The summed E-state index contributed by atoms with van der Waals surface area (Å²) in [5, 5.41) is 2.84. The van der Waals surface area contributed by atoms with Crippen LogP contribution >= 0.6 is 0 Å². The van der Waals surface area contributed by atoms with E-state index in [1.165, 1.54) is 30.3 Å². The fourth-order valence-corrected chi connectivity index (χ4v) is 4.71. The van der Waals surface area contributed by atoms with Gasteiger partial charge in [-0.15, -0.1) is 0 Å². The molecule has 0 saturated heterocycles. The number of carbonyl (C=O) groups is 1. The minimum atomic E-state index is -3.88. The Bertz CT molecular complexity index is 1470. The molecule has 0 bridgehead atoms. The Kier molecular flexibility index (Phi) is 6.42. The summed E-state index contributed by atoms with van der Waals surface area (Å²) in [6.07, 6.45) is 0. The summed E-state index contributed by atoms with van der Waals surface area (Å²) in [6, 6.07) is 18.1. The summed E-state index contributed by atoms with van der Waals surface area (Å²) < 4.78 is 28.0. The van der Waals surface area contributed by atoms with Crippen LogP contribution in [0.15, 0.2) is 76.4 Å². The van der Waals surface area contributed by atoms with Gasteiger partial charge in [-0.2, -0.15) is 0 Å². The van der Waals surface area contributed by atoms with Gasteiger partial charge in [-0.05, 0) is 80.6 Å². The number of nitrogens with one attached hydrogen (secondary N) is 4. The lowest BCUT2D eigenvalue weighted by Crippen LogP contribution is -2.21. The number of hydrogen-bond donors (Lipinski definition) is 4. The molecule has 0 aliphatic carbocycles. The molecule has 0 aliphatic heterocycles. The standard InChI is InChI=1S/C24H25N5O4S/c1-3-29(4-2)19-11-9-17(10-12-19)25-23(30)16-5-7-18(8-6-16)28-34(32,33)20-13-14-21-22(15-20)27-24(31)26-21/h5-15,28H,3-4H2,1-2H3,(H,25,30)(H2,26,27,31). The number of amides is 1. The molecule has 176 valence electrons. The van der Waals surface area contributed by atoms with Crippen molar-refractivity contribution in [2.75, 3.05) is 28.0 Å². The van der Waals surface area contributed by atoms with Crippen molar-refractivity contribution in [2.45, 2.75) is 18.7 Å². The largest absolute Gasteiger partial charge is 0.372 e. The number of imidazole rings is 1. The molecular weight excluding hydrogens is 454 g/mol. The van der Waals surface area contributed by atoms with Gasteiger partial charge in [0.2, 0.25) is 0 Å². The smallest absolute Gasteiger partial charge is 0.323 e. The summed E-state index contributed by atoms with van der Waals surface area (Å²) in [5.74, 6) is -0.299. The van der Waals surface area contributed by atoms with Crippen LogP contribution < -0.4 is 20.6 Å². The third-order valence-corrected chi connectivity index (χ3v) is 6.83. The Hall–Kier alpha value is -4.05. The van der Waals surface area contributed by atoms with Gasteiger partial charge in [-0.25, -0.2) is 13.2 Å². The average molecular weight is 480 g/mol. The molecule has 0 unspecified atom stereocenters. The van der Waals surface area contributed by atoms with E-state index < -0.39 is 15.7 Å². The van der Waals surface area contributed by atoms with E-state index in [2.05, 4.69) is 38.8 Å². The second-order valence-corrected chi connectivity index (χ2v) is 9.33. The molecule has 0 saturated carbocycles. The third-order valence-electron chi connectivity index (χ3n) is 5.45. The van der Waals surface area contributed by atoms with Crippen LogP contribution in [-0.4, -0.2) is 37.4 Å². The second-order valence-electron chi connectivity index (χ2n) is 7.64. The molecule has 1 heterocycles. The SMILES string of the molecule is CCN(CC)c1ccc(NC(=O)c2ccc(NS(=O)(=O)c3ccc4[nH]c(=O)[nH]c4c3)cc2)cc1. The molecule has 9 nitrogen and oxygen atoms in total. The molecule has 0 aliphatic rings. The second kappa shape index (κ2) is 9.44. The summed E-state index contributed by atoms with van der Waals surface area (Å²) >= 11 is 0. The van der Waals surface area contributed by atoms with Crippen LogP contribution in [0.1, 0.15) is 24.2 Å². The molecule has 4 aromatic rings. The Morgan fingerprint density at radius 1 is 0.853 bits per heavy atom. The molecule has 3 aromatic carbocycles. The van der Waals surface area contributed by atoms with Gasteiger partial charge in [0.15, 0.2) is 0 Å². The summed E-state index contributed by atoms with van der Waals surface area (Å²) in [4.78, 5) is 31.3. The van der Waals surface area contributed by atoms with Crippen LogP contribution in [0.2, 0.25) is 0 Å². The number of benzene rings is 3. The minimum absolute atomic E-state index is 0.00484. The van der Waals surface area contributed by atoms with Crippen molar-refractivity contribution in [2.24, 2.45) is 0 Å². The van der Waals surface area contributed by atoms with E-state index in [0.717, 1.165) is 18.8 Å². The quantitative estimate of drug-likeness (QED) is 0.306. The van der Waals surface area contributed by atoms with Crippen LogP contribution in [0.25, 0.3) is 11.0 Å². The van der Waals surface area contributed by atoms with Crippen molar-refractivity contribution in [3.63, 3.8) is 0 Å². The highest BCUT2D eigenvalue weighted by molar-refractivity contribution is 7.92. The lowest BCUT2D eigenvalue weighted by atomic mass is 10.2. The maximum absolute atomic E-state index is 12.7. The number of rotatable bonds is 8. The van der Waals surface area contributed by atoms with Gasteiger partial charge in [0.05, 0.1) is 15.9 Å². The Morgan fingerprint density at radius 2 is 1.47 bits per heavy atom. The van der Waals surface area contributed by atoms with Crippen LogP contribution in [-0.2, 0) is 10.0 Å². The Morgan fingerprint density at radius 3 is 2.12 bits per heavy atom. The molecule has 4 rings (SSSR count). The number of aromatic amines is 2. The predicted molar refractivity (Wildman–Crippen MR) is 134 cm³/mol. The number of hydrogen-bond acceptors (Lipinski definition) is 5. The highest BCUT2D eigenvalue weighted by Crippen LogP contribution is 2.21. The van der Waals surface area contributed by atoms with E-state index in [1.807, 2.05) is 24.3 Å². The van der Waals surface area contributed by atoms with E-state index in [-0.39, 0.29) is 10.8 Å². The highest BCUT2D eigenvalue weighted by Gasteiger charge is 2.16. The fourth-order valence-electron chi connectivity index (χ4n) is 3.63. The highest BCUT2D eigenvalue weighted by atomic mass is 32.2. The summed E-state index contributed by atoms with van der Waals surface area (Å²) in [6.45, 7) is 5.98. The monoisotopic (exact) mass is 479 g/mol. The summed E-state index contributed by atoms with van der Waals surface area (Å²) in [5.41, 5.74) is 2.95. The normalized spacial score (nSPS) is 11.4. The van der Waals surface area contributed by atoms with Crippen molar-refractivity contribution in [3.05, 3.63) is 82.8 Å². The third kappa shape index (κ3) is 4.96. The van der Waals surface area contributed by atoms with E-state index in [1.54, 1.807) is 12.1 Å². The lowest BCUT2D eigenvalue weighted by molar-refractivity contribution is 0.102. The van der Waals surface area contributed by atoms with Gasteiger partial charge in [0.25, 0.3) is 15.9 Å². The van der Waals surface area contributed by atoms with Crippen molar-refractivity contribution in [1.82, 2.24) is 9.97 Å². The van der Waals surface area contributed by atoms with Gasteiger partial charge in [0, 0.05) is 35.7 Å². The number of nitrogens with zero attached hydrogens (tertiary/aromatic N) is 1. The predicted octanol–water partition coefficient (Wildman–Crippen LogP) is 3.76. The van der Waals surface area contributed by atoms with Crippen LogP contribution in [0, 0.1) is 0 Å². The van der Waals surface area contributed by atoms with E-state index in [4.69, 9.17) is 0 Å². The van der Waals surface area contributed by atoms with Crippen molar-refractivity contribution < 1.29 is 13.2 Å². The first-order valence-electron chi connectivity index (χ1n) is 10.8. The van der Waals surface area contributed by atoms with Gasteiger partial charge < -0.3 is 20.2 Å². The number of carbonyl (C=O) groups excluding carboxylic acids is 1. The first-order valence-corrected chi connectivity index (χ1v) is 12.3. The maximum Gasteiger partial charge on any atom is 0.323 e. The zero-order chi connectivity index (χ0) is 24.3. The van der Waals surface area contributed by atoms with Crippen LogP contribution in [0.5, 0.6) is 0 Å². The molecule has 4 N–H and O–H groups in total. The zero-order valence-electron chi connectivity index (χ0n) is 18.8. The van der Waals surface area contributed by atoms with Gasteiger partial charge >= 0.3 is 5.69 Å². The van der Waals surface area contributed by atoms with Crippen molar-refractivity contribution in [1.29, 1.82) is 0 Å².